The highest BCUT2D eigenvalue weighted by molar-refractivity contribution is 8.55. The van der Waals surface area contributed by atoms with E-state index in [0.29, 0.717) is 24.2 Å². The molecule has 0 fully saturated rings. The van der Waals surface area contributed by atoms with Gasteiger partial charge in [-0.05, 0) is 36.4 Å². The van der Waals surface area contributed by atoms with Crippen LogP contribution in [0.25, 0.3) is 0 Å². The fraction of sp³-hybridized carbons (Fsp3) is 0.588. The zero-order valence-corrected chi connectivity index (χ0v) is 17.0. The fourth-order valence-electron chi connectivity index (χ4n) is 1.94. The number of esters is 1. The van der Waals surface area contributed by atoms with Gasteiger partial charge in [0.1, 0.15) is 6.10 Å². The molecular weight excluding hydrogens is 395 g/mol. The van der Waals surface area contributed by atoms with E-state index in [1.54, 1.807) is 24.3 Å². The van der Waals surface area contributed by atoms with E-state index in [9.17, 15) is 14.5 Å². The number of aliphatic hydroxyl groups is 2. The van der Waals surface area contributed by atoms with Gasteiger partial charge in [0.15, 0.2) is 0 Å². The third-order valence-corrected chi connectivity index (χ3v) is 7.12. The Hall–Kier alpha value is -0.930. The molecule has 2 unspecified atom stereocenters. The summed E-state index contributed by atoms with van der Waals surface area (Å²) in [5, 5.41) is 18.1. The Kier molecular flexibility index (Phi) is 12.6. The van der Waals surface area contributed by atoms with Crippen LogP contribution in [0.2, 0.25) is 0 Å². The van der Waals surface area contributed by atoms with Gasteiger partial charge in [-0.2, -0.15) is 0 Å². The van der Waals surface area contributed by atoms with E-state index in [0.717, 1.165) is 11.4 Å². The minimum absolute atomic E-state index is 0.0684. The third kappa shape index (κ3) is 10.3. The monoisotopic (exact) mass is 422 g/mol. The highest BCUT2D eigenvalue weighted by Crippen LogP contribution is 2.61. The van der Waals surface area contributed by atoms with Crippen molar-refractivity contribution in [2.45, 2.75) is 18.9 Å². The molecule has 0 amide bonds. The Morgan fingerprint density at radius 1 is 1.19 bits per heavy atom. The molecule has 8 nitrogen and oxygen atoms in total. The maximum Gasteiger partial charge on any atom is 0.389 e. The number of hydrogen-bond donors (Lipinski definition) is 2. The maximum absolute atomic E-state index is 12.7. The first-order chi connectivity index (χ1) is 13.0. The second-order valence-corrected chi connectivity index (χ2v) is 9.56. The number of rotatable bonds is 15. The molecule has 2 atom stereocenters. The lowest BCUT2D eigenvalue weighted by Gasteiger charge is -2.22. The number of ether oxygens (including phenoxy) is 2. The molecule has 0 saturated carbocycles. The topological polar surface area (TPSA) is 112 Å². The molecule has 1 aromatic rings. The van der Waals surface area contributed by atoms with Crippen LogP contribution in [-0.4, -0.2) is 68.2 Å². The maximum atomic E-state index is 12.7. The molecule has 0 bridgehead atoms. The minimum Gasteiger partial charge on any atom is -0.462 e. The van der Waals surface area contributed by atoms with Crippen molar-refractivity contribution in [2.24, 2.45) is 0 Å². The van der Waals surface area contributed by atoms with Gasteiger partial charge in [-0.1, -0.05) is 18.2 Å². The van der Waals surface area contributed by atoms with Gasteiger partial charge in [-0.3, -0.25) is 9.05 Å². The molecule has 27 heavy (non-hydrogen) atoms. The van der Waals surface area contributed by atoms with Crippen LogP contribution in [0.1, 0.15) is 23.2 Å². The molecule has 0 aliphatic heterocycles. The molecular formula is C17H27O8PS. The molecule has 1 aromatic carbocycles. The van der Waals surface area contributed by atoms with Gasteiger partial charge in [0.2, 0.25) is 0 Å². The summed E-state index contributed by atoms with van der Waals surface area (Å²) in [6, 6.07) is 8.71. The predicted octanol–water partition coefficient (Wildman–Crippen LogP) is 2.50. The van der Waals surface area contributed by atoms with Gasteiger partial charge in [0, 0.05) is 12.9 Å². The predicted molar refractivity (Wildman–Crippen MR) is 103 cm³/mol. The number of benzene rings is 1. The summed E-state index contributed by atoms with van der Waals surface area (Å²) in [7, 11) is 1.44. The second-order valence-electron chi connectivity index (χ2n) is 5.41. The number of methoxy groups -OCH3 is 1. The van der Waals surface area contributed by atoms with Crippen LogP contribution >= 0.6 is 18.2 Å². The normalized spacial score (nSPS) is 14.5. The number of aliphatic hydroxyl groups excluding tert-OH is 2. The van der Waals surface area contributed by atoms with Gasteiger partial charge < -0.3 is 19.7 Å². The van der Waals surface area contributed by atoms with Gasteiger partial charge in [0.25, 0.3) is 0 Å². The first-order valence-corrected chi connectivity index (χ1v) is 11.7. The third-order valence-electron chi connectivity index (χ3n) is 3.21. The number of unbranched alkanes of at least 4 members (excludes halogenated alkanes) is 1. The van der Waals surface area contributed by atoms with Gasteiger partial charge in [0.05, 0.1) is 38.6 Å². The Morgan fingerprint density at radius 2 is 1.93 bits per heavy atom. The van der Waals surface area contributed by atoms with Crippen molar-refractivity contribution in [3.05, 3.63) is 35.9 Å². The number of carbonyl (C=O) groups is 1. The highest BCUT2D eigenvalue weighted by atomic mass is 32.7. The highest BCUT2D eigenvalue weighted by Gasteiger charge is 2.29. The summed E-state index contributed by atoms with van der Waals surface area (Å²) >= 11 is 0.981. The number of carbonyl (C=O) groups excluding carboxylic acids is 1. The summed E-state index contributed by atoms with van der Waals surface area (Å²) in [6.45, 7) is -4.02. The molecule has 0 heterocycles. The van der Waals surface area contributed by atoms with Crippen molar-refractivity contribution in [1.29, 1.82) is 0 Å². The molecule has 0 saturated heterocycles. The van der Waals surface area contributed by atoms with Crippen molar-refractivity contribution in [3.8, 4) is 0 Å². The lowest BCUT2D eigenvalue weighted by atomic mass is 10.2. The van der Waals surface area contributed by atoms with Gasteiger partial charge >= 0.3 is 12.8 Å². The largest absolute Gasteiger partial charge is 0.462 e. The van der Waals surface area contributed by atoms with Crippen LogP contribution < -0.4 is 0 Å². The van der Waals surface area contributed by atoms with E-state index in [1.165, 1.54) is 7.11 Å². The Balaban J connectivity index is 2.33. The minimum atomic E-state index is -3.54. The molecule has 0 radical (unpaired) electrons. The van der Waals surface area contributed by atoms with E-state index in [2.05, 4.69) is 0 Å². The smallest absolute Gasteiger partial charge is 0.389 e. The van der Waals surface area contributed by atoms with Crippen molar-refractivity contribution >= 4 is 24.1 Å². The molecule has 0 aliphatic carbocycles. The average Bonchev–Trinajstić information content (AvgIpc) is 2.69. The van der Waals surface area contributed by atoms with Gasteiger partial charge in [-0.15, -0.1) is 0 Å². The summed E-state index contributed by atoms with van der Waals surface area (Å²) in [6.07, 6.45) is 0.433. The lowest BCUT2D eigenvalue weighted by molar-refractivity contribution is 0.0318. The zero-order valence-electron chi connectivity index (χ0n) is 15.3. The lowest BCUT2D eigenvalue weighted by Crippen LogP contribution is -2.22. The summed E-state index contributed by atoms with van der Waals surface area (Å²) < 4.78 is 33.3. The van der Waals surface area contributed by atoms with Crippen molar-refractivity contribution in [1.82, 2.24) is 0 Å². The Morgan fingerprint density at radius 3 is 2.56 bits per heavy atom. The summed E-state index contributed by atoms with van der Waals surface area (Å²) in [4.78, 5) is 11.8. The van der Waals surface area contributed by atoms with E-state index in [4.69, 9.17) is 23.6 Å². The first-order valence-electron chi connectivity index (χ1n) is 8.55. The zero-order chi connectivity index (χ0) is 20.0. The van der Waals surface area contributed by atoms with E-state index in [1.807, 2.05) is 6.07 Å². The molecule has 154 valence electrons. The quantitative estimate of drug-likeness (QED) is 0.250. The van der Waals surface area contributed by atoms with Crippen LogP contribution in [0.15, 0.2) is 30.3 Å². The summed E-state index contributed by atoms with van der Waals surface area (Å²) in [5.41, 5.74) is 0.496. The van der Waals surface area contributed by atoms with E-state index < -0.39 is 12.9 Å². The van der Waals surface area contributed by atoms with Crippen molar-refractivity contribution in [2.75, 3.05) is 45.9 Å². The molecule has 0 aliphatic rings. The SMILES string of the molecule is COCC(CO)OP(=O)(OCCO)SCCCCOC(=O)c1ccccc1. The standard InChI is InChI=1S/C17H27O8PS/c1-22-14-16(13-19)25-26(21,24-11-9-18)27-12-6-5-10-23-17(20)15-7-3-2-4-8-15/h2-4,7-8,16,18-19H,5-6,9-14H2,1H3. The second kappa shape index (κ2) is 14.1. The van der Waals surface area contributed by atoms with Crippen molar-refractivity contribution in [3.63, 3.8) is 0 Å². The van der Waals surface area contributed by atoms with Crippen LogP contribution in [0.5, 0.6) is 0 Å². The molecule has 1 rings (SSSR count). The number of hydrogen-bond acceptors (Lipinski definition) is 9. The molecule has 10 heteroatoms. The summed E-state index contributed by atoms with van der Waals surface area (Å²) in [5.74, 6) is 0.0605. The van der Waals surface area contributed by atoms with Crippen molar-refractivity contribution < 1.29 is 38.1 Å². The van der Waals surface area contributed by atoms with Gasteiger partial charge in [-0.25, -0.2) is 9.36 Å². The Bertz CT molecular complexity index is 571. The molecule has 0 spiro atoms. The molecule has 0 aromatic heterocycles. The van der Waals surface area contributed by atoms with Crippen LogP contribution in [0.4, 0.5) is 0 Å². The van der Waals surface area contributed by atoms with Crippen LogP contribution in [-0.2, 0) is 23.1 Å². The van der Waals surface area contributed by atoms with Crippen LogP contribution in [0.3, 0.4) is 0 Å². The van der Waals surface area contributed by atoms with Crippen LogP contribution in [0, 0.1) is 0 Å². The van der Waals surface area contributed by atoms with E-state index in [-0.39, 0.29) is 39.0 Å². The molecule has 2 N–H and O–H groups in total. The average molecular weight is 422 g/mol. The fourth-order valence-corrected chi connectivity index (χ4v) is 5.54. The Labute approximate surface area is 163 Å². The van der Waals surface area contributed by atoms with E-state index >= 15 is 0 Å². The first kappa shape index (κ1) is 24.1.